The van der Waals surface area contributed by atoms with Crippen LogP contribution in [-0.4, -0.2) is 53.7 Å². The molecule has 0 radical (unpaired) electrons. The molecule has 0 saturated heterocycles. The summed E-state index contributed by atoms with van der Waals surface area (Å²) in [5.74, 6) is -0.931. The summed E-state index contributed by atoms with van der Waals surface area (Å²) in [6.07, 6.45) is 3.40. The van der Waals surface area contributed by atoms with Gasteiger partial charge in [0.2, 0.25) is 5.78 Å². The molecular formula is C34H36ClN3O7. The molecule has 5 rings (SSSR count). The normalized spacial score (nSPS) is 13.8. The lowest BCUT2D eigenvalue weighted by Crippen LogP contribution is -2.44. The molecule has 1 aliphatic carbocycles. The maximum atomic E-state index is 13.6. The van der Waals surface area contributed by atoms with Crippen molar-refractivity contribution in [2.24, 2.45) is 5.73 Å². The predicted molar refractivity (Wildman–Crippen MR) is 171 cm³/mol. The fraction of sp³-hybridized carbons (Fsp3) is 0.353. The molecule has 3 N–H and O–H groups in total. The monoisotopic (exact) mass is 633 g/mol. The van der Waals surface area contributed by atoms with E-state index in [0.29, 0.717) is 23.0 Å². The van der Waals surface area contributed by atoms with Crippen molar-refractivity contribution < 1.29 is 33.4 Å². The number of rotatable bonds is 11. The second kappa shape index (κ2) is 12.8. The summed E-state index contributed by atoms with van der Waals surface area (Å²) >= 11 is 6.11. The molecule has 0 aliphatic heterocycles. The van der Waals surface area contributed by atoms with E-state index in [-0.39, 0.29) is 30.1 Å². The highest BCUT2D eigenvalue weighted by Gasteiger charge is 2.27. The van der Waals surface area contributed by atoms with Gasteiger partial charge in [-0.2, -0.15) is 0 Å². The number of halogens is 1. The number of hydrogen-bond acceptors (Lipinski definition) is 7. The molecule has 0 unspecified atom stereocenters. The number of carbonyl (C=O) groups is 4. The predicted octanol–water partition coefficient (Wildman–Crippen LogP) is 6.14. The highest BCUT2D eigenvalue weighted by Crippen LogP contribution is 2.41. The number of hydrogen-bond donors (Lipinski definition) is 2. The van der Waals surface area contributed by atoms with Gasteiger partial charge in [0.05, 0.1) is 12.7 Å². The van der Waals surface area contributed by atoms with Crippen molar-refractivity contribution in [2.45, 2.75) is 64.1 Å². The number of alkyl carbamates (subject to hydrolysis) is 1. The Hall–Kier alpha value is -4.57. The first-order valence-corrected chi connectivity index (χ1v) is 15.1. The van der Waals surface area contributed by atoms with Gasteiger partial charge in [-0.05, 0) is 92.6 Å². The molecule has 11 heteroatoms. The zero-order valence-corrected chi connectivity index (χ0v) is 26.4. The summed E-state index contributed by atoms with van der Waals surface area (Å²) in [7, 11) is 1.25. The summed E-state index contributed by atoms with van der Waals surface area (Å²) < 4.78 is 18.0. The average molecular weight is 634 g/mol. The molecular weight excluding hydrogens is 598 g/mol. The maximum absolute atomic E-state index is 13.6. The third-order valence-electron chi connectivity index (χ3n) is 7.62. The van der Waals surface area contributed by atoms with Gasteiger partial charge in [-0.25, -0.2) is 9.59 Å². The number of methoxy groups -OCH3 is 1. The third kappa shape index (κ3) is 7.57. The lowest BCUT2D eigenvalue weighted by Gasteiger charge is -2.22. The van der Waals surface area contributed by atoms with Crippen LogP contribution in [0, 0.1) is 0 Å². The Morgan fingerprint density at radius 1 is 1.02 bits per heavy atom. The number of Topliss-reactive ketones (excluding diaryl/α,β-unsaturated/α-hetero) is 1. The van der Waals surface area contributed by atoms with Crippen molar-refractivity contribution in [1.29, 1.82) is 0 Å². The van der Waals surface area contributed by atoms with Crippen molar-refractivity contribution in [3.8, 4) is 5.75 Å². The van der Waals surface area contributed by atoms with Gasteiger partial charge in [-0.1, -0.05) is 29.8 Å². The van der Waals surface area contributed by atoms with Crippen LogP contribution in [0.1, 0.15) is 72.2 Å². The number of aromatic nitrogens is 1. The highest BCUT2D eigenvalue weighted by atomic mass is 35.5. The van der Waals surface area contributed by atoms with E-state index >= 15 is 0 Å². The number of ketones is 1. The van der Waals surface area contributed by atoms with E-state index in [9.17, 15) is 19.2 Å². The van der Waals surface area contributed by atoms with E-state index in [0.717, 1.165) is 34.5 Å². The molecule has 0 bridgehead atoms. The molecule has 1 aromatic heterocycles. The van der Waals surface area contributed by atoms with Gasteiger partial charge in [0.25, 0.3) is 5.91 Å². The molecule has 0 spiro atoms. The number of esters is 1. The molecule has 3 aromatic carbocycles. The van der Waals surface area contributed by atoms with Gasteiger partial charge in [0.1, 0.15) is 17.4 Å². The van der Waals surface area contributed by atoms with Crippen LogP contribution in [0.25, 0.3) is 21.7 Å². The van der Waals surface area contributed by atoms with Crippen LogP contribution < -0.4 is 15.8 Å². The Morgan fingerprint density at radius 3 is 2.44 bits per heavy atom. The van der Waals surface area contributed by atoms with Gasteiger partial charge in [-0.15, -0.1) is 0 Å². The zero-order chi connectivity index (χ0) is 32.5. The third-order valence-corrected chi connectivity index (χ3v) is 7.85. The molecule has 1 fully saturated rings. The van der Waals surface area contributed by atoms with E-state index in [1.807, 2.05) is 16.7 Å². The second-order valence-corrected chi connectivity index (χ2v) is 12.7. The van der Waals surface area contributed by atoms with Crippen LogP contribution in [0.3, 0.4) is 0 Å². The van der Waals surface area contributed by atoms with E-state index in [4.69, 9.17) is 31.5 Å². The molecule has 45 heavy (non-hydrogen) atoms. The largest absolute Gasteiger partial charge is 0.485 e. The lowest BCUT2D eigenvalue weighted by atomic mass is 10.0. The van der Waals surface area contributed by atoms with Crippen LogP contribution in [0.2, 0.25) is 5.02 Å². The Morgan fingerprint density at radius 2 is 1.78 bits per heavy atom. The number of nitrogens with zero attached hydrogens (tertiary/aromatic N) is 1. The number of amides is 2. The molecule has 2 amide bonds. The first-order chi connectivity index (χ1) is 21.3. The van der Waals surface area contributed by atoms with Crippen LogP contribution in [0.15, 0.2) is 54.7 Å². The number of nitrogens with two attached hydrogens (primary N) is 1. The Labute approximate surface area is 265 Å². The number of benzene rings is 3. The van der Waals surface area contributed by atoms with Crippen molar-refractivity contribution >= 4 is 57.0 Å². The highest BCUT2D eigenvalue weighted by molar-refractivity contribution is 6.31. The van der Waals surface area contributed by atoms with E-state index in [1.54, 1.807) is 57.3 Å². The number of carbonyl (C=O) groups excluding carboxylic acids is 4. The van der Waals surface area contributed by atoms with Crippen LogP contribution in [0.4, 0.5) is 4.79 Å². The van der Waals surface area contributed by atoms with Crippen molar-refractivity contribution in [1.82, 2.24) is 9.88 Å². The van der Waals surface area contributed by atoms with Crippen LogP contribution in [0.5, 0.6) is 5.75 Å². The summed E-state index contributed by atoms with van der Waals surface area (Å²) in [4.78, 5) is 50.8. The topological polar surface area (TPSA) is 139 Å². The van der Waals surface area contributed by atoms with Gasteiger partial charge < -0.3 is 29.8 Å². The second-order valence-electron chi connectivity index (χ2n) is 12.2. The van der Waals surface area contributed by atoms with Gasteiger partial charge in [-0.3, -0.25) is 9.59 Å². The van der Waals surface area contributed by atoms with Crippen molar-refractivity contribution in [3.63, 3.8) is 0 Å². The first kappa shape index (κ1) is 31.8. The number of ether oxygens (including phenoxy) is 3. The van der Waals surface area contributed by atoms with Gasteiger partial charge in [0.15, 0.2) is 6.61 Å². The summed E-state index contributed by atoms with van der Waals surface area (Å²) in [5.41, 5.74) is 7.45. The molecule has 1 saturated carbocycles. The lowest BCUT2D eigenvalue weighted by molar-refractivity contribution is -0.143. The average Bonchev–Trinajstić information content (AvgIpc) is 3.77. The van der Waals surface area contributed by atoms with Gasteiger partial charge >= 0.3 is 12.1 Å². The van der Waals surface area contributed by atoms with Crippen molar-refractivity contribution in [3.05, 3.63) is 76.4 Å². The van der Waals surface area contributed by atoms with E-state index in [1.165, 1.54) is 12.7 Å². The number of fused-ring (bicyclic) bond motifs is 2. The minimum absolute atomic E-state index is 0.139. The SMILES string of the molecule is COC(=O)[C@H](CCn1cc(C(=O)COc2cc3ccc(Cl)cc3cc2C(N)=O)c2ccc(C3CC3)cc21)NC(=O)OC(C)(C)C. The molecule has 1 aliphatic rings. The fourth-order valence-corrected chi connectivity index (χ4v) is 5.46. The van der Waals surface area contributed by atoms with Gasteiger partial charge in [0, 0.05) is 34.2 Å². The summed E-state index contributed by atoms with van der Waals surface area (Å²) in [5, 5.41) is 5.34. The summed E-state index contributed by atoms with van der Waals surface area (Å²) in [6, 6.07) is 13.6. The fourth-order valence-electron chi connectivity index (χ4n) is 5.28. The van der Waals surface area contributed by atoms with Crippen LogP contribution >= 0.6 is 11.6 Å². The quantitative estimate of drug-likeness (QED) is 0.149. The molecule has 1 heterocycles. The standard InChI is InChI=1S/C34H36ClN3O7/c1-34(2,3)45-33(42)37-27(32(41)43-4)11-12-38-17-26(24-10-8-20(15-28(24)38)19-5-6-19)29(39)18-44-30-16-21-7-9-23(35)13-22(21)14-25(30)31(36)40/h7-10,13-17,19,27H,5-6,11-12,18H2,1-4H3,(H2,36,40)(H,37,42)/t27-/m0/s1. The molecule has 4 aromatic rings. The smallest absolute Gasteiger partial charge is 0.408 e. The minimum atomic E-state index is -0.966. The van der Waals surface area contributed by atoms with E-state index < -0.39 is 29.6 Å². The molecule has 236 valence electrons. The summed E-state index contributed by atoms with van der Waals surface area (Å²) in [6.45, 7) is 5.16. The Balaban J connectivity index is 1.40. The zero-order valence-electron chi connectivity index (χ0n) is 25.6. The Bertz CT molecular complexity index is 1800. The van der Waals surface area contributed by atoms with Crippen LogP contribution in [-0.2, 0) is 20.8 Å². The molecule has 10 nitrogen and oxygen atoms in total. The van der Waals surface area contributed by atoms with Crippen molar-refractivity contribution in [2.75, 3.05) is 13.7 Å². The van der Waals surface area contributed by atoms with E-state index in [2.05, 4.69) is 11.4 Å². The number of aryl methyl sites for hydroxylation is 1. The number of primary amides is 1. The maximum Gasteiger partial charge on any atom is 0.408 e. The first-order valence-electron chi connectivity index (χ1n) is 14.7. The minimum Gasteiger partial charge on any atom is -0.485 e. The number of nitrogens with one attached hydrogen (secondary N) is 1. The Kier molecular flexibility index (Phi) is 9.06. The molecule has 1 atom stereocenters.